The molecule has 1 saturated carbocycles. The summed E-state index contributed by atoms with van der Waals surface area (Å²) in [4.78, 5) is 13.2. The van der Waals surface area contributed by atoms with Gasteiger partial charge in [-0.1, -0.05) is 38.4 Å². The monoisotopic (exact) mass is 455 g/mol. The van der Waals surface area contributed by atoms with Crippen LogP contribution >= 0.6 is 11.6 Å². The summed E-state index contributed by atoms with van der Waals surface area (Å²) in [5.74, 6) is 0.422. The number of tetrazole rings is 1. The first-order chi connectivity index (χ1) is 15.0. The van der Waals surface area contributed by atoms with E-state index < -0.39 is 5.82 Å². The van der Waals surface area contributed by atoms with Crippen LogP contribution in [-0.2, 0) is 5.41 Å². The standard InChI is InChI=1S/C24H27ClFN5O/c1-23(2,3)22-28-29-30-31(22)18-11-15(14-6-9-19(25)20(26)13-14)10-16(12-18)21(32)27-24(4,5)17-7-8-17/h6,9-13,17H,7-8H2,1-5H3,(H,27,32). The third-order valence-corrected chi connectivity index (χ3v) is 6.16. The van der Waals surface area contributed by atoms with E-state index in [1.165, 1.54) is 12.1 Å². The van der Waals surface area contributed by atoms with Gasteiger partial charge in [0.2, 0.25) is 0 Å². The number of carbonyl (C=O) groups excluding carboxylic acids is 1. The smallest absolute Gasteiger partial charge is 0.251 e. The molecule has 1 N–H and O–H groups in total. The van der Waals surface area contributed by atoms with E-state index in [0.29, 0.717) is 34.1 Å². The molecule has 0 spiro atoms. The van der Waals surface area contributed by atoms with Crippen LogP contribution in [0.25, 0.3) is 16.8 Å². The van der Waals surface area contributed by atoms with E-state index in [4.69, 9.17) is 11.6 Å². The Hall–Kier alpha value is -2.80. The average Bonchev–Trinajstić information content (AvgIpc) is 3.46. The van der Waals surface area contributed by atoms with Gasteiger partial charge in [0, 0.05) is 16.5 Å². The second-order valence-electron chi connectivity index (χ2n) is 10.0. The lowest BCUT2D eigenvalue weighted by Gasteiger charge is -2.26. The molecule has 2 aromatic carbocycles. The minimum atomic E-state index is -0.520. The second kappa shape index (κ2) is 7.96. The lowest BCUT2D eigenvalue weighted by atomic mass is 9.95. The number of halogens is 2. The molecule has 1 aliphatic carbocycles. The van der Waals surface area contributed by atoms with Crippen molar-refractivity contribution in [1.29, 1.82) is 0 Å². The first-order valence-electron chi connectivity index (χ1n) is 10.7. The van der Waals surface area contributed by atoms with Crippen LogP contribution in [0.1, 0.15) is 63.6 Å². The predicted molar refractivity (Wildman–Crippen MR) is 123 cm³/mol. The molecule has 0 bridgehead atoms. The predicted octanol–water partition coefficient (Wildman–Crippen LogP) is 5.34. The van der Waals surface area contributed by atoms with E-state index in [0.717, 1.165) is 12.8 Å². The van der Waals surface area contributed by atoms with Crippen molar-refractivity contribution >= 4 is 17.5 Å². The first-order valence-corrected chi connectivity index (χ1v) is 11.1. The molecule has 8 heteroatoms. The van der Waals surface area contributed by atoms with E-state index >= 15 is 0 Å². The molecule has 168 valence electrons. The molecule has 0 unspecified atom stereocenters. The van der Waals surface area contributed by atoms with Crippen LogP contribution in [0.5, 0.6) is 0 Å². The van der Waals surface area contributed by atoms with E-state index in [1.807, 2.05) is 40.7 Å². The number of hydrogen-bond acceptors (Lipinski definition) is 4. The molecule has 1 aromatic heterocycles. The SMILES string of the molecule is CC(C)(C)c1nnnn1-c1cc(C(=O)NC(C)(C)C2CC2)cc(-c2ccc(Cl)c(F)c2)c1. The van der Waals surface area contributed by atoms with Gasteiger partial charge in [0.05, 0.1) is 10.7 Å². The summed E-state index contributed by atoms with van der Waals surface area (Å²) in [5.41, 5.74) is 1.74. The highest BCUT2D eigenvalue weighted by atomic mass is 35.5. The molecule has 1 amide bonds. The molecular formula is C24H27ClFN5O. The number of aromatic nitrogens is 4. The lowest BCUT2D eigenvalue weighted by Crippen LogP contribution is -2.45. The van der Waals surface area contributed by atoms with Crippen LogP contribution in [0.15, 0.2) is 36.4 Å². The highest BCUT2D eigenvalue weighted by molar-refractivity contribution is 6.30. The summed E-state index contributed by atoms with van der Waals surface area (Å²) < 4.78 is 15.8. The zero-order valence-electron chi connectivity index (χ0n) is 18.9. The van der Waals surface area contributed by atoms with Crippen LogP contribution in [0.2, 0.25) is 5.02 Å². The van der Waals surface area contributed by atoms with Crippen LogP contribution < -0.4 is 5.32 Å². The number of hydrogen-bond donors (Lipinski definition) is 1. The summed E-state index contributed by atoms with van der Waals surface area (Å²) in [5, 5.41) is 15.4. The van der Waals surface area contributed by atoms with Crippen LogP contribution in [-0.4, -0.2) is 31.7 Å². The molecule has 32 heavy (non-hydrogen) atoms. The number of nitrogens with zero attached hydrogens (tertiary/aromatic N) is 4. The zero-order chi connectivity index (χ0) is 23.3. The molecular weight excluding hydrogens is 429 g/mol. The van der Waals surface area contributed by atoms with Crippen LogP contribution in [0.3, 0.4) is 0 Å². The van der Waals surface area contributed by atoms with Gasteiger partial charge in [0.1, 0.15) is 5.82 Å². The first kappa shape index (κ1) is 22.4. The Balaban J connectivity index is 1.83. The fraction of sp³-hybridized carbons (Fsp3) is 0.417. The Kier molecular flexibility index (Phi) is 5.57. The molecule has 1 heterocycles. The summed E-state index contributed by atoms with van der Waals surface area (Å²) in [6, 6.07) is 9.96. The molecule has 3 aromatic rings. The number of benzene rings is 2. The maximum Gasteiger partial charge on any atom is 0.251 e. The van der Waals surface area contributed by atoms with Crippen molar-refractivity contribution < 1.29 is 9.18 Å². The molecule has 0 atom stereocenters. The Labute approximate surface area is 192 Å². The van der Waals surface area contributed by atoms with Gasteiger partial charge >= 0.3 is 0 Å². The fourth-order valence-corrected chi connectivity index (χ4v) is 3.93. The van der Waals surface area contributed by atoms with Gasteiger partial charge in [-0.3, -0.25) is 4.79 Å². The van der Waals surface area contributed by atoms with E-state index in [-0.39, 0.29) is 21.9 Å². The number of amides is 1. The molecule has 0 radical (unpaired) electrons. The topological polar surface area (TPSA) is 72.7 Å². The highest BCUT2D eigenvalue weighted by Crippen LogP contribution is 2.39. The van der Waals surface area contributed by atoms with Crippen molar-refractivity contribution in [1.82, 2.24) is 25.5 Å². The number of nitrogens with one attached hydrogen (secondary N) is 1. The zero-order valence-corrected chi connectivity index (χ0v) is 19.7. The minimum Gasteiger partial charge on any atom is -0.347 e. The van der Waals surface area contributed by atoms with Gasteiger partial charge in [-0.2, -0.15) is 4.68 Å². The van der Waals surface area contributed by atoms with Crippen molar-refractivity contribution in [2.24, 2.45) is 5.92 Å². The van der Waals surface area contributed by atoms with Crippen LogP contribution in [0.4, 0.5) is 4.39 Å². The van der Waals surface area contributed by atoms with Gasteiger partial charge in [-0.05, 0) is 84.5 Å². The van der Waals surface area contributed by atoms with Crippen molar-refractivity contribution in [3.05, 3.63) is 58.6 Å². The van der Waals surface area contributed by atoms with Crippen molar-refractivity contribution in [3.8, 4) is 16.8 Å². The van der Waals surface area contributed by atoms with Crippen molar-refractivity contribution in [2.45, 2.75) is 58.4 Å². The Bertz CT molecular complexity index is 1180. The van der Waals surface area contributed by atoms with Crippen LogP contribution in [0, 0.1) is 11.7 Å². The van der Waals surface area contributed by atoms with E-state index in [2.05, 4.69) is 20.8 Å². The average molecular weight is 456 g/mol. The second-order valence-corrected chi connectivity index (χ2v) is 10.4. The van der Waals surface area contributed by atoms with Gasteiger partial charge < -0.3 is 5.32 Å². The van der Waals surface area contributed by atoms with Gasteiger partial charge in [0.15, 0.2) is 5.82 Å². The maximum absolute atomic E-state index is 14.2. The quantitative estimate of drug-likeness (QED) is 0.563. The van der Waals surface area contributed by atoms with Gasteiger partial charge in [0.25, 0.3) is 5.91 Å². The fourth-order valence-electron chi connectivity index (χ4n) is 3.81. The van der Waals surface area contributed by atoms with E-state index in [9.17, 15) is 9.18 Å². The molecule has 1 fully saturated rings. The normalized spacial score (nSPS) is 14.5. The Morgan fingerprint density at radius 3 is 2.44 bits per heavy atom. The highest BCUT2D eigenvalue weighted by Gasteiger charge is 2.39. The largest absolute Gasteiger partial charge is 0.347 e. The maximum atomic E-state index is 14.2. The number of rotatable bonds is 5. The Morgan fingerprint density at radius 2 is 1.81 bits per heavy atom. The number of carbonyl (C=O) groups is 1. The molecule has 4 rings (SSSR count). The molecule has 6 nitrogen and oxygen atoms in total. The van der Waals surface area contributed by atoms with Gasteiger partial charge in [-0.25, -0.2) is 4.39 Å². The summed E-state index contributed by atoms with van der Waals surface area (Å²) >= 11 is 5.87. The summed E-state index contributed by atoms with van der Waals surface area (Å²) in [6.45, 7) is 10.1. The minimum absolute atomic E-state index is 0.0459. The molecule has 0 saturated heterocycles. The van der Waals surface area contributed by atoms with E-state index in [1.54, 1.807) is 22.9 Å². The third kappa shape index (κ3) is 4.53. The third-order valence-electron chi connectivity index (χ3n) is 5.85. The van der Waals surface area contributed by atoms with Crippen molar-refractivity contribution in [2.75, 3.05) is 0 Å². The molecule has 1 aliphatic rings. The molecule has 0 aliphatic heterocycles. The van der Waals surface area contributed by atoms with Gasteiger partial charge in [-0.15, -0.1) is 5.10 Å². The lowest BCUT2D eigenvalue weighted by molar-refractivity contribution is 0.0903. The summed E-state index contributed by atoms with van der Waals surface area (Å²) in [6.07, 6.45) is 2.23. The Morgan fingerprint density at radius 1 is 1.09 bits per heavy atom. The van der Waals surface area contributed by atoms with Crippen molar-refractivity contribution in [3.63, 3.8) is 0 Å². The summed E-state index contributed by atoms with van der Waals surface area (Å²) in [7, 11) is 0.